The number of para-hydroxylation sites is 2. The van der Waals surface area contributed by atoms with Gasteiger partial charge in [0.05, 0.1) is 25.5 Å². The summed E-state index contributed by atoms with van der Waals surface area (Å²) in [5.74, 6) is 0. The highest BCUT2D eigenvalue weighted by Gasteiger charge is 2.72. The van der Waals surface area contributed by atoms with Crippen molar-refractivity contribution < 1.29 is 10.2 Å². The number of hydrogen-bond acceptors (Lipinski definition) is 6. The van der Waals surface area contributed by atoms with E-state index in [4.69, 9.17) is 0 Å². The number of aliphatic hydroxyl groups is 2. The first-order chi connectivity index (χ1) is 17.2. The van der Waals surface area contributed by atoms with E-state index in [1.54, 1.807) is 0 Å². The van der Waals surface area contributed by atoms with E-state index >= 15 is 0 Å². The zero-order valence-corrected chi connectivity index (χ0v) is 19.7. The van der Waals surface area contributed by atoms with Crippen LogP contribution in [0.3, 0.4) is 0 Å². The third kappa shape index (κ3) is 2.74. The van der Waals surface area contributed by atoms with Gasteiger partial charge in [-0.2, -0.15) is 0 Å². The van der Waals surface area contributed by atoms with Crippen LogP contribution in [0.15, 0.2) is 78.9 Å². The molecule has 5 N–H and O–H groups in total. The molecule has 180 valence electrons. The molecule has 2 fully saturated rings. The van der Waals surface area contributed by atoms with Crippen LogP contribution >= 0.6 is 0 Å². The van der Waals surface area contributed by atoms with Gasteiger partial charge in [0.1, 0.15) is 0 Å². The van der Waals surface area contributed by atoms with Crippen molar-refractivity contribution in [2.45, 2.75) is 54.6 Å². The fraction of sp³-hybridized carbons (Fsp3) is 0.379. The number of anilines is 2. The SMILES string of the molecule is OC[C@@H]1CC2(C34C[C@@H](CO)NC3N(Cc3ccccc3)c3ccccc34)c3ccccc3NC2N1. The van der Waals surface area contributed by atoms with E-state index in [-0.39, 0.29) is 48.5 Å². The fourth-order valence-electron chi connectivity index (χ4n) is 7.84. The van der Waals surface area contributed by atoms with Gasteiger partial charge in [-0.15, -0.1) is 0 Å². The quantitative estimate of drug-likeness (QED) is 0.396. The zero-order valence-electron chi connectivity index (χ0n) is 19.7. The third-order valence-corrected chi connectivity index (χ3v) is 9.04. The Morgan fingerprint density at radius 1 is 0.743 bits per heavy atom. The molecule has 0 saturated carbocycles. The van der Waals surface area contributed by atoms with Crippen LogP contribution < -0.4 is 20.9 Å². The first kappa shape index (κ1) is 21.4. The van der Waals surface area contributed by atoms with Crippen molar-refractivity contribution in [2.24, 2.45) is 0 Å². The van der Waals surface area contributed by atoms with Crippen molar-refractivity contribution >= 4 is 11.4 Å². The molecular formula is C29H32N4O2. The van der Waals surface area contributed by atoms with Crippen LogP contribution in [0.2, 0.25) is 0 Å². The lowest BCUT2D eigenvalue weighted by molar-refractivity contribution is 0.181. The molecule has 4 unspecified atom stereocenters. The molecule has 0 amide bonds. The van der Waals surface area contributed by atoms with Crippen LogP contribution in [0.1, 0.15) is 29.5 Å². The van der Waals surface area contributed by atoms with Crippen LogP contribution in [0, 0.1) is 0 Å². The smallest absolute Gasteiger partial charge is 0.0911 e. The van der Waals surface area contributed by atoms with E-state index in [0.717, 1.165) is 19.4 Å². The van der Waals surface area contributed by atoms with Gasteiger partial charge in [-0.05, 0) is 41.7 Å². The topological polar surface area (TPSA) is 79.8 Å². The second kappa shape index (κ2) is 7.80. The monoisotopic (exact) mass is 468 g/mol. The lowest BCUT2D eigenvalue weighted by Gasteiger charge is -2.48. The van der Waals surface area contributed by atoms with Crippen molar-refractivity contribution in [3.8, 4) is 0 Å². The molecule has 4 heterocycles. The molecule has 0 aromatic heterocycles. The lowest BCUT2D eigenvalue weighted by Crippen LogP contribution is -2.61. The van der Waals surface area contributed by atoms with Gasteiger partial charge in [0, 0.05) is 40.8 Å². The first-order valence-corrected chi connectivity index (χ1v) is 12.7. The minimum Gasteiger partial charge on any atom is -0.395 e. The highest BCUT2D eigenvalue weighted by Crippen LogP contribution is 2.66. The van der Waals surface area contributed by atoms with E-state index in [9.17, 15) is 10.2 Å². The Hall–Kier alpha value is -2.90. The molecule has 6 atom stereocenters. The van der Waals surface area contributed by atoms with Crippen molar-refractivity contribution in [1.29, 1.82) is 0 Å². The minimum atomic E-state index is -0.285. The summed E-state index contributed by atoms with van der Waals surface area (Å²) in [6.07, 6.45) is 1.70. The van der Waals surface area contributed by atoms with Gasteiger partial charge in [0.2, 0.25) is 0 Å². The molecule has 6 nitrogen and oxygen atoms in total. The number of nitrogens with zero attached hydrogens (tertiary/aromatic N) is 1. The molecule has 0 bridgehead atoms. The van der Waals surface area contributed by atoms with Gasteiger partial charge in [-0.3, -0.25) is 10.6 Å². The molecule has 0 spiro atoms. The van der Waals surface area contributed by atoms with Crippen LogP contribution in [-0.4, -0.2) is 47.8 Å². The molecule has 4 aliphatic heterocycles. The summed E-state index contributed by atoms with van der Waals surface area (Å²) in [4.78, 5) is 2.51. The highest BCUT2D eigenvalue weighted by atomic mass is 16.3. The summed E-state index contributed by atoms with van der Waals surface area (Å²) in [6.45, 7) is 1.00. The summed E-state index contributed by atoms with van der Waals surface area (Å²) in [7, 11) is 0. The van der Waals surface area contributed by atoms with E-state index in [2.05, 4.69) is 99.7 Å². The summed E-state index contributed by atoms with van der Waals surface area (Å²) >= 11 is 0. The Balaban J connectivity index is 1.47. The standard InChI is InChI=1S/C29H32N4O2/c34-17-20-14-28(22-10-4-6-12-24(22)32-26(28)30-20)29-15-21(18-35)31-27(29)33(16-19-8-2-1-3-9-19)25-13-7-5-11-23(25)29/h1-13,20-21,26-27,30-32,34-35H,14-18H2/t20-,21-,26?,27?,28?,29?/m0/s1. The normalized spacial score (nSPS) is 34.3. The molecule has 3 aromatic rings. The van der Waals surface area contributed by atoms with Crippen molar-refractivity contribution in [2.75, 3.05) is 23.4 Å². The van der Waals surface area contributed by atoms with Gasteiger partial charge >= 0.3 is 0 Å². The van der Waals surface area contributed by atoms with Crippen molar-refractivity contribution in [1.82, 2.24) is 10.6 Å². The van der Waals surface area contributed by atoms with Gasteiger partial charge in [-0.25, -0.2) is 0 Å². The Morgan fingerprint density at radius 3 is 2.20 bits per heavy atom. The maximum absolute atomic E-state index is 10.4. The van der Waals surface area contributed by atoms with E-state index < -0.39 is 0 Å². The number of rotatable bonds is 5. The molecule has 0 aliphatic carbocycles. The molecule has 4 aliphatic rings. The predicted octanol–water partition coefficient (Wildman–Crippen LogP) is 2.67. The highest BCUT2D eigenvalue weighted by molar-refractivity contribution is 5.73. The Morgan fingerprint density at radius 2 is 1.40 bits per heavy atom. The van der Waals surface area contributed by atoms with E-state index in [1.807, 2.05) is 0 Å². The van der Waals surface area contributed by atoms with Gasteiger partial charge in [0.25, 0.3) is 0 Å². The maximum atomic E-state index is 10.4. The summed E-state index contributed by atoms with van der Waals surface area (Å²) in [5, 5.41) is 32.0. The van der Waals surface area contributed by atoms with Crippen molar-refractivity contribution in [3.05, 3.63) is 95.6 Å². The third-order valence-electron chi connectivity index (χ3n) is 9.04. The number of fused-ring (bicyclic) bond motifs is 7. The number of aliphatic hydroxyl groups excluding tert-OH is 2. The van der Waals surface area contributed by atoms with Crippen LogP contribution in [0.25, 0.3) is 0 Å². The predicted molar refractivity (Wildman–Crippen MR) is 137 cm³/mol. The van der Waals surface area contributed by atoms with Crippen LogP contribution in [-0.2, 0) is 17.4 Å². The molecule has 2 saturated heterocycles. The Kier molecular flexibility index (Phi) is 4.77. The Bertz CT molecular complexity index is 1250. The largest absolute Gasteiger partial charge is 0.395 e. The summed E-state index contributed by atoms with van der Waals surface area (Å²) in [6, 6.07) is 28.2. The fourth-order valence-corrected chi connectivity index (χ4v) is 7.84. The second-order valence-corrected chi connectivity index (χ2v) is 10.6. The first-order valence-electron chi connectivity index (χ1n) is 12.7. The van der Waals surface area contributed by atoms with Crippen LogP contribution in [0.5, 0.6) is 0 Å². The molecule has 0 radical (unpaired) electrons. The summed E-state index contributed by atoms with van der Waals surface area (Å²) < 4.78 is 0. The number of benzene rings is 3. The van der Waals surface area contributed by atoms with Gasteiger partial charge in [-0.1, -0.05) is 66.7 Å². The van der Waals surface area contributed by atoms with E-state index in [1.165, 1.54) is 28.1 Å². The minimum absolute atomic E-state index is 0.00240. The Labute approximate surface area is 206 Å². The number of nitrogens with one attached hydrogen (secondary N) is 3. The molecule has 35 heavy (non-hydrogen) atoms. The average molecular weight is 469 g/mol. The van der Waals surface area contributed by atoms with Gasteiger partial charge < -0.3 is 20.4 Å². The van der Waals surface area contributed by atoms with Crippen LogP contribution in [0.4, 0.5) is 11.4 Å². The summed E-state index contributed by atoms with van der Waals surface area (Å²) in [5.41, 5.74) is 5.79. The molecular weight excluding hydrogens is 436 g/mol. The van der Waals surface area contributed by atoms with E-state index in [0.29, 0.717) is 0 Å². The second-order valence-electron chi connectivity index (χ2n) is 10.6. The van der Waals surface area contributed by atoms with Crippen molar-refractivity contribution in [3.63, 3.8) is 0 Å². The number of hydrogen-bond donors (Lipinski definition) is 5. The lowest BCUT2D eigenvalue weighted by atomic mass is 9.54. The molecule has 3 aromatic carbocycles. The zero-order chi connectivity index (χ0) is 23.6. The average Bonchev–Trinajstić information content (AvgIpc) is 3.61. The van der Waals surface area contributed by atoms with Gasteiger partial charge in [0.15, 0.2) is 0 Å². The maximum Gasteiger partial charge on any atom is 0.0911 e. The molecule has 7 rings (SSSR count). The molecule has 6 heteroatoms.